The smallest absolute Gasteiger partial charge is 0.204 e. The number of carbonyl (C=O) groups excluding carboxylic acids is 1. The number of methoxy groups -OCH3 is 1. The number of unbranched alkanes of at least 4 members (excludes halogenated alkanes) is 2. The van der Waals surface area contributed by atoms with Crippen molar-refractivity contribution in [3.8, 4) is 5.75 Å². The van der Waals surface area contributed by atoms with Gasteiger partial charge in [-0.1, -0.05) is 27.2 Å². The van der Waals surface area contributed by atoms with Gasteiger partial charge in [0.2, 0.25) is 5.65 Å². The van der Waals surface area contributed by atoms with E-state index < -0.39 is 0 Å². The molecule has 0 aliphatic rings. The lowest BCUT2D eigenvalue weighted by Crippen LogP contribution is -2.19. The molecular formula is C23H33N5O3. The predicted molar refractivity (Wildman–Crippen MR) is 122 cm³/mol. The maximum Gasteiger partial charge on any atom is 0.204 e. The third kappa shape index (κ3) is 5.70. The van der Waals surface area contributed by atoms with Crippen LogP contribution in [0.25, 0.3) is 16.7 Å². The molecule has 31 heavy (non-hydrogen) atoms. The summed E-state index contributed by atoms with van der Waals surface area (Å²) in [6.45, 7) is 9.63. The monoisotopic (exact) mass is 427 g/mol. The summed E-state index contributed by atoms with van der Waals surface area (Å²) in [7, 11) is 1.65. The molecule has 2 heterocycles. The normalized spacial score (nSPS) is 11.9. The van der Waals surface area contributed by atoms with Crippen LogP contribution in [-0.4, -0.2) is 52.2 Å². The van der Waals surface area contributed by atoms with Crippen molar-refractivity contribution in [2.24, 2.45) is 5.41 Å². The molecule has 8 heteroatoms. The largest absolute Gasteiger partial charge is 0.491 e. The molecule has 0 aliphatic heterocycles. The summed E-state index contributed by atoms with van der Waals surface area (Å²) in [4.78, 5) is 16.8. The minimum atomic E-state index is -0.253. The number of benzene rings is 1. The van der Waals surface area contributed by atoms with Gasteiger partial charge in [-0.15, -0.1) is 10.2 Å². The van der Waals surface area contributed by atoms with Crippen LogP contribution in [0, 0.1) is 12.3 Å². The Morgan fingerprint density at radius 3 is 2.68 bits per heavy atom. The van der Waals surface area contributed by atoms with Crippen LogP contribution in [0.2, 0.25) is 0 Å². The minimum absolute atomic E-state index is 0.253. The second kappa shape index (κ2) is 10.0. The van der Waals surface area contributed by atoms with E-state index in [0.717, 1.165) is 48.4 Å². The molecule has 0 unspecified atom stereocenters. The van der Waals surface area contributed by atoms with Crippen molar-refractivity contribution in [2.75, 3.05) is 32.2 Å². The molecule has 0 aliphatic carbocycles. The number of aryl methyl sites for hydroxylation is 1. The third-order valence-corrected chi connectivity index (χ3v) is 5.22. The molecule has 3 rings (SSSR count). The molecule has 0 amide bonds. The molecule has 1 N–H and O–H groups in total. The predicted octanol–water partition coefficient (Wildman–Crippen LogP) is 4.20. The highest BCUT2D eigenvalue weighted by Gasteiger charge is 2.20. The number of aromatic nitrogens is 4. The Morgan fingerprint density at radius 1 is 1.13 bits per heavy atom. The first kappa shape index (κ1) is 22.9. The zero-order chi connectivity index (χ0) is 22.4. The lowest BCUT2D eigenvalue weighted by atomic mass is 9.88. The van der Waals surface area contributed by atoms with Gasteiger partial charge < -0.3 is 14.8 Å². The number of Topliss-reactive ketones (excluding diaryl/α,β-unsaturated/α-hetero) is 1. The zero-order valence-corrected chi connectivity index (χ0v) is 19.2. The Kier molecular flexibility index (Phi) is 7.43. The van der Waals surface area contributed by atoms with E-state index >= 15 is 0 Å². The van der Waals surface area contributed by atoms with Crippen molar-refractivity contribution in [2.45, 2.75) is 53.4 Å². The summed E-state index contributed by atoms with van der Waals surface area (Å²) in [5.74, 6) is 2.57. The lowest BCUT2D eigenvalue weighted by molar-refractivity contribution is -0.126. The van der Waals surface area contributed by atoms with E-state index in [1.807, 2.05) is 50.3 Å². The standard InChI is InChI=1S/C23H33N5O3/c1-16-26-27-22-21(24-12-8-6-7-9-20(29)23(2,3)4)25-18-15-17(31-14-13-30-5)10-11-19(18)28(16)22/h10-11,15H,6-9,12-14H2,1-5H3,(H,24,25). The number of ketones is 1. The summed E-state index contributed by atoms with van der Waals surface area (Å²) >= 11 is 0. The van der Waals surface area contributed by atoms with E-state index in [1.165, 1.54) is 0 Å². The fraction of sp³-hybridized carbons (Fsp3) is 0.565. The van der Waals surface area contributed by atoms with E-state index in [1.54, 1.807) is 7.11 Å². The van der Waals surface area contributed by atoms with Gasteiger partial charge in [0.15, 0.2) is 5.82 Å². The number of rotatable bonds is 11. The first-order valence-electron chi connectivity index (χ1n) is 10.9. The summed E-state index contributed by atoms with van der Waals surface area (Å²) in [6.07, 6.45) is 3.49. The topological polar surface area (TPSA) is 90.6 Å². The number of anilines is 1. The second-order valence-electron chi connectivity index (χ2n) is 8.77. The van der Waals surface area contributed by atoms with Crippen LogP contribution in [-0.2, 0) is 9.53 Å². The van der Waals surface area contributed by atoms with Crippen molar-refractivity contribution in [1.82, 2.24) is 19.6 Å². The van der Waals surface area contributed by atoms with Gasteiger partial charge in [-0.2, -0.15) is 0 Å². The van der Waals surface area contributed by atoms with Gasteiger partial charge in [-0.05, 0) is 31.9 Å². The highest BCUT2D eigenvalue weighted by Crippen LogP contribution is 2.25. The average Bonchev–Trinajstić information content (AvgIpc) is 3.11. The van der Waals surface area contributed by atoms with E-state index in [9.17, 15) is 4.79 Å². The molecule has 0 saturated heterocycles. The van der Waals surface area contributed by atoms with Crippen molar-refractivity contribution in [1.29, 1.82) is 0 Å². The van der Waals surface area contributed by atoms with Crippen LogP contribution >= 0.6 is 0 Å². The van der Waals surface area contributed by atoms with Gasteiger partial charge in [0.05, 0.1) is 17.6 Å². The number of hydrogen-bond donors (Lipinski definition) is 1. The third-order valence-electron chi connectivity index (χ3n) is 5.22. The molecular weight excluding hydrogens is 394 g/mol. The molecule has 0 saturated carbocycles. The zero-order valence-electron chi connectivity index (χ0n) is 19.2. The Morgan fingerprint density at radius 2 is 1.94 bits per heavy atom. The number of nitrogens with zero attached hydrogens (tertiary/aromatic N) is 4. The van der Waals surface area contributed by atoms with E-state index in [-0.39, 0.29) is 5.41 Å². The molecule has 3 aromatic rings. The van der Waals surface area contributed by atoms with Crippen molar-refractivity contribution < 1.29 is 14.3 Å². The number of carbonyl (C=O) groups is 1. The molecule has 0 atom stereocenters. The maximum absolute atomic E-state index is 12.0. The Hall–Kier alpha value is -2.74. The average molecular weight is 428 g/mol. The van der Waals surface area contributed by atoms with E-state index in [0.29, 0.717) is 36.9 Å². The van der Waals surface area contributed by atoms with Gasteiger partial charge in [0.25, 0.3) is 0 Å². The second-order valence-corrected chi connectivity index (χ2v) is 8.77. The molecule has 0 spiro atoms. The van der Waals surface area contributed by atoms with Gasteiger partial charge in [0, 0.05) is 31.6 Å². The first-order chi connectivity index (χ1) is 14.8. The SMILES string of the molecule is COCCOc1ccc2c(c1)nc(NCCCCCC(=O)C(C)(C)C)c1nnc(C)n12. The fourth-order valence-corrected chi connectivity index (χ4v) is 3.38. The lowest BCUT2D eigenvalue weighted by Gasteiger charge is -2.16. The van der Waals surface area contributed by atoms with Gasteiger partial charge in [-0.3, -0.25) is 9.20 Å². The van der Waals surface area contributed by atoms with Crippen LogP contribution in [0.1, 0.15) is 52.3 Å². The van der Waals surface area contributed by atoms with Crippen LogP contribution in [0.4, 0.5) is 5.82 Å². The van der Waals surface area contributed by atoms with Gasteiger partial charge in [0.1, 0.15) is 24.0 Å². The summed E-state index contributed by atoms with van der Waals surface area (Å²) < 4.78 is 12.8. The van der Waals surface area contributed by atoms with Crippen molar-refractivity contribution in [3.63, 3.8) is 0 Å². The Labute approximate surface area is 183 Å². The number of nitrogens with one attached hydrogen (secondary N) is 1. The molecule has 0 radical (unpaired) electrons. The van der Waals surface area contributed by atoms with Crippen LogP contribution in [0.15, 0.2) is 18.2 Å². The molecule has 1 aromatic carbocycles. The van der Waals surface area contributed by atoms with E-state index in [4.69, 9.17) is 14.5 Å². The number of ether oxygens (including phenoxy) is 2. The highest BCUT2D eigenvalue weighted by molar-refractivity contribution is 5.84. The Balaban J connectivity index is 1.68. The van der Waals surface area contributed by atoms with Crippen molar-refractivity contribution >= 4 is 28.3 Å². The molecule has 0 fully saturated rings. The Bertz CT molecular complexity index is 1040. The maximum atomic E-state index is 12.0. The van der Waals surface area contributed by atoms with Gasteiger partial charge >= 0.3 is 0 Å². The van der Waals surface area contributed by atoms with Crippen LogP contribution in [0.5, 0.6) is 5.75 Å². The van der Waals surface area contributed by atoms with Crippen LogP contribution in [0.3, 0.4) is 0 Å². The van der Waals surface area contributed by atoms with Crippen molar-refractivity contribution in [3.05, 3.63) is 24.0 Å². The van der Waals surface area contributed by atoms with Gasteiger partial charge in [-0.25, -0.2) is 4.98 Å². The minimum Gasteiger partial charge on any atom is -0.491 e. The highest BCUT2D eigenvalue weighted by atomic mass is 16.5. The number of hydrogen-bond acceptors (Lipinski definition) is 7. The number of fused-ring (bicyclic) bond motifs is 3. The fourth-order valence-electron chi connectivity index (χ4n) is 3.38. The molecule has 2 aromatic heterocycles. The summed E-state index contributed by atoms with van der Waals surface area (Å²) in [5, 5.41) is 12.0. The summed E-state index contributed by atoms with van der Waals surface area (Å²) in [5.41, 5.74) is 2.20. The molecule has 0 bridgehead atoms. The summed E-state index contributed by atoms with van der Waals surface area (Å²) in [6, 6.07) is 5.82. The molecule has 168 valence electrons. The quantitative estimate of drug-likeness (QED) is 0.459. The van der Waals surface area contributed by atoms with Crippen LogP contribution < -0.4 is 10.1 Å². The first-order valence-corrected chi connectivity index (χ1v) is 10.9. The molecule has 8 nitrogen and oxygen atoms in total. The van der Waals surface area contributed by atoms with E-state index in [2.05, 4.69) is 15.5 Å².